The van der Waals surface area contributed by atoms with Crippen molar-refractivity contribution in [2.24, 2.45) is 5.92 Å². The summed E-state index contributed by atoms with van der Waals surface area (Å²) in [4.78, 5) is 28.1. The number of hydrogen-bond donors (Lipinski definition) is 0. The summed E-state index contributed by atoms with van der Waals surface area (Å²) in [5, 5.41) is 0.859. The fraction of sp³-hybridized carbons (Fsp3) is 0.346. The molecule has 174 valence electrons. The van der Waals surface area contributed by atoms with Crippen LogP contribution < -0.4 is 14.2 Å². The third kappa shape index (κ3) is 6.00. The molecule has 1 unspecified atom stereocenters. The highest BCUT2D eigenvalue weighted by atomic mass is 16.5. The number of pyridine rings is 1. The van der Waals surface area contributed by atoms with Crippen LogP contribution in [-0.2, 0) is 27.4 Å². The average molecular weight is 452 g/mol. The van der Waals surface area contributed by atoms with Crippen LogP contribution in [0.25, 0.3) is 10.9 Å². The maximum atomic E-state index is 11.8. The first-order chi connectivity index (χ1) is 15.8. The Bertz CT molecular complexity index is 1120. The summed E-state index contributed by atoms with van der Waals surface area (Å²) in [5.41, 5.74) is 2.47. The standard InChI is InChI=1S/C26H29NO6/c1-16(2)33-25-19(14-27-24-11-10-21(30-4)13-23(24)25)15-32-20-8-6-18(7-9-20)12-22(17(3)28)26(29)31-5/h6-11,13-14,16,22H,12,15H2,1-5H3. The van der Waals surface area contributed by atoms with Crippen LogP contribution in [0.2, 0.25) is 0 Å². The van der Waals surface area contributed by atoms with E-state index in [1.165, 1.54) is 14.0 Å². The minimum atomic E-state index is -0.807. The quantitative estimate of drug-likeness (QED) is 0.331. The summed E-state index contributed by atoms with van der Waals surface area (Å²) in [6.07, 6.45) is 2.02. The molecule has 0 aliphatic heterocycles. The molecule has 0 aliphatic rings. The number of carbonyl (C=O) groups is 2. The number of nitrogens with zero attached hydrogens (tertiary/aromatic N) is 1. The van der Waals surface area contributed by atoms with Crippen molar-refractivity contribution < 1.29 is 28.5 Å². The third-order valence-electron chi connectivity index (χ3n) is 5.19. The Labute approximate surface area is 193 Å². The van der Waals surface area contributed by atoms with Gasteiger partial charge in [-0.15, -0.1) is 0 Å². The van der Waals surface area contributed by atoms with Crippen molar-refractivity contribution >= 4 is 22.7 Å². The highest BCUT2D eigenvalue weighted by molar-refractivity contribution is 5.97. The fourth-order valence-corrected chi connectivity index (χ4v) is 3.45. The van der Waals surface area contributed by atoms with Crippen molar-refractivity contribution in [2.45, 2.75) is 39.9 Å². The van der Waals surface area contributed by atoms with Crippen LogP contribution in [0.1, 0.15) is 31.9 Å². The summed E-state index contributed by atoms with van der Waals surface area (Å²) in [5.74, 6) is 0.534. The van der Waals surface area contributed by atoms with Crippen LogP contribution in [0.15, 0.2) is 48.7 Å². The normalized spacial score (nSPS) is 11.8. The van der Waals surface area contributed by atoms with E-state index >= 15 is 0 Å². The van der Waals surface area contributed by atoms with Gasteiger partial charge in [0.05, 0.1) is 31.4 Å². The molecule has 0 amide bonds. The average Bonchev–Trinajstić information content (AvgIpc) is 2.81. The van der Waals surface area contributed by atoms with Crippen molar-refractivity contribution in [3.63, 3.8) is 0 Å². The predicted molar refractivity (Wildman–Crippen MR) is 125 cm³/mol. The van der Waals surface area contributed by atoms with Crippen LogP contribution >= 0.6 is 0 Å². The maximum absolute atomic E-state index is 11.8. The molecule has 0 saturated carbocycles. The van der Waals surface area contributed by atoms with Gasteiger partial charge in [-0.1, -0.05) is 12.1 Å². The molecule has 1 aromatic heterocycles. The smallest absolute Gasteiger partial charge is 0.316 e. The van der Waals surface area contributed by atoms with Gasteiger partial charge in [0.1, 0.15) is 35.6 Å². The summed E-state index contributed by atoms with van der Waals surface area (Å²) < 4.78 is 22.2. The van der Waals surface area contributed by atoms with Crippen molar-refractivity contribution in [1.29, 1.82) is 0 Å². The lowest BCUT2D eigenvalue weighted by molar-refractivity contribution is -0.148. The molecule has 3 rings (SSSR count). The first kappa shape index (κ1) is 24.0. The molecule has 0 aliphatic carbocycles. The topological polar surface area (TPSA) is 84.0 Å². The largest absolute Gasteiger partial charge is 0.497 e. The zero-order chi connectivity index (χ0) is 24.0. The Hall–Kier alpha value is -3.61. The van der Waals surface area contributed by atoms with Crippen molar-refractivity contribution in [3.05, 3.63) is 59.8 Å². The minimum Gasteiger partial charge on any atom is -0.497 e. The van der Waals surface area contributed by atoms with Gasteiger partial charge in [0.2, 0.25) is 0 Å². The van der Waals surface area contributed by atoms with Gasteiger partial charge in [-0.3, -0.25) is 14.6 Å². The van der Waals surface area contributed by atoms with E-state index in [0.29, 0.717) is 11.5 Å². The van der Waals surface area contributed by atoms with E-state index in [1.54, 1.807) is 13.3 Å². The number of ketones is 1. The van der Waals surface area contributed by atoms with Gasteiger partial charge in [0.25, 0.3) is 0 Å². The number of hydrogen-bond acceptors (Lipinski definition) is 7. The zero-order valence-corrected chi connectivity index (χ0v) is 19.6. The van der Waals surface area contributed by atoms with Gasteiger partial charge in [0.15, 0.2) is 0 Å². The van der Waals surface area contributed by atoms with E-state index in [0.717, 1.165) is 27.8 Å². The number of rotatable bonds is 10. The first-order valence-corrected chi connectivity index (χ1v) is 10.7. The Balaban J connectivity index is 1.78. The van der Waals surface area contributed by atoms with Crippen molar-refractivity contribution in [2.75, 3.05) is 14.2 Å². The zero-order valence-electron chi connectivity index (χ0n) is 19.6. The highest BCUT2D eigenvalue weighted by Gasteiger charge is 2.24. The monoisotopic (exact) mass is 451 g/mol. The second-order valence-corrected chi connectivity index (χ2v) is 7.99. The molecule has 0 spiro atoms. The Morgan fingerprint density at radius 2 is 1.70 bits per heavy atom. The number of Topliss-reactive ketones (excluding diaryl/α,β-unsaturated/α-hetero) is 1. The second-order valence-electron chi connectivity index (χ2n) is 7.99. The second kappa shape index (κ2) is 10.8. The molecule has 7 nitrogen and oxygen atoms in total. The van der Waals surface area contributed by atoms with E-state index < -0.39 is 11.9 Å². The summed E-state index contributed by atoms with van der Waals surface area (Å²) in [6.45, 7) is 5.60. The molecule has 1 heterocycles. The number of ether oxygens (including phenoxy) is 4. The molecule has 0 radical (unpaired) electrons. The van der Waals surface area contributed by atoms with Crippen LogP contribution in [0.5, 0.6) is 17.2 Å². The lowest BCUT2D eigenvalue weighted by Gasteiger charge is -2.17. The predicted octanol–water partition coefficient (Wildman–Crippen LogP) is 4.53. The molecule has 0 bridgehead atoms. The molecular formula is C26H29NO6. The highest BCUT2D eigenvalue weighted by Crippen LogP contribution is 2.33. The van der Waals surface area contributed by atoms with Gasteiger partial charge >= 0.3 is 5.97 Å². The Morgan fingerprint density at radius 1 is 1.00 bits per heavy atom. The molecule has 0 fully saturated rings. The molecule has 1 atom stereocenters. The molecule has 33 heavy (non-hydrogen) atoms. The summed E-state index contributed by atoms with van der Waals surface area (Å²) in [6, 6.07) is 13.0. The minimum absolute atomic E-state index is 0.0242. The van der Waals surface area contributed by atoms with E-state index in [-0.39, 0.29) is 24.9 Å². The van der Waals surface area contributed by atoms with E-state index in [1.807, 2.05) is 56.3 Å². The Morgan fingerprint density at radius 3 is 2.30 bits per heavy atom. The van der Waals surface area contributed by atoms with Crippen LogP contribution in [0.3, 0.4) is 0 Å². The van der Waals surface area contributed by atoms with Crippen molar-refractivity contribution in [1.82, 2.24) is 4.98 Å². The lowest BCUT2D eigenvalue weighted by Crippen LogP contribution is -2.25. The molecule has 2 aromatic carbocycles. The van der Waals surface area contributed by atoms with Gasteiger partial charge in [-0.25, -0.2) is 0 Å². The number of fused-ring (bicyclic) bond motifs is 1. The molecular weight excluding hydrogens is 422 g/mol. The number of methoxy groups -OCH3 is 2. The lowest BCUT2D eigenvalue weighted by atomic mass is 9.96. The SMILES string of the molecule is COC(=O)C(Cc1ccc(OCc2cnc3ccc(OC)cc3c2OC(C)C)cc1)C(C)=O. The number of esters is 1. The Kier molecular flexibility index (Phi) is 7.87. The first-order valence-electron chi connectivity index (χ1n) is 10.7. The maximum Gasteiger partial charge on any atom is 0.316 e. The number of aromatic nitrogens is 1. The van der Waals surface area contributed by atoms with E-state index in [4.69, 9.17) is 18.9 Å². The van der Waals surface area contributed by atoms with E-state index in [9.17, 15) is 9.59 Å². The molecule has 0 N–H and O–H groups in total. The van der Waals surface area contributed by atoms with E-state index in [2.05, 4.69) is 4.98 Å². The summed E-state index contributed by atoms with van der Waals surface area (Å²) >= 11 is 0. The van der Waals surface area contributed by atoms with Gasteiger partial charge in [-0.05, 0) is 63.1 Å². The van der Waals surface area contributed by atoms with Crippen molar-refractivity contribution in [3.8, 4) is 17.2 Å². The number of benzene rings is 2. The van der Waals surface area contributed by atoms with Gasteiger partial charge in [-0.2, -0.15) is 0 Å². The van der Waals surface area contributed by atoms with Crippen LogP contribution in [-0.4, -0.2) is 37.1 Å². The third-order valence-corrected chi connectivity index (χ3v) is 5.19. The van der Waals surface area contributed by atoms with Crippen LogP contribution in [0.4, 0.5) is 0 Å². The molecule has 7 heteroatoms. The molecule has 3 aromatic rings. The molecule has 0 saturated heterocycles. The van der Waals surface area contributed by atoms with Crippen LogP contribution in [0, 0.1) is 5.92 Å². The number of carbonyl (C=O) groups excluding carboxylic acids is 2. The fourth-order valence-electron chi connectivity index (χ4n) is 3.45. The van der Waals surface area contributed by atoms with Gasteiger partial charge in [0, 0.05) is 11.6 Å². The summed E-state index contributed by atoms with van der Waals surface area (Å²) in [7, 11) is 2.90. The van der Waals surface area contributed by atoms with Gasteiger partial charge < -0.3 is 18.9 Å².